The zero-order valence-electron chi connectivity index (χ0n) is 11.2. The van der Waals surface area contributed by atoms with E-state index in [1.54, 1.807) is 0 Å². The van der Waals surface area contributed by atoms with Crippen LogP contribution in [0.5, 0.6) is 0 Å². The molecule has 0 bridgehead atoms. The molecule has 0 aliphatic heterocycles. The van der Waals surface area contributed by atoms with Gasteiger partial charge < -0.3 is 5.73 Å². The maximum absolute atomic E-state index is 12.8. The maximum atomic E-state index is 12.8. The van der Waals surface area contributed by atoms with E-state index in [1.807, 2.05) is 0 Å². The maximum Gasteiger partial charge on any atom is 0.416 e. The van der Waals surface area contributed by atoms with E-state index in [1.165, 1.54) is 13.1 Å². The first-order chi connectivity index (χ1) is 9.12. The monoisotopic (exact) mass is 310 g/mol. The van der Waals surface area contributed by atoms with Crippen molar-refractivity contribution in [1.29, 1.82) is 0 Å². The molecule has 0 radical (unpaired) electrons. The number of sulfonamides is 1. The van der Waals surface area contributed by atoms with E-state index >= 15 is 0 Å². The fourth-order valence-corrected chi connectivity index (χ4v) is 3.26. The standard InChI is InChI=1S/C12H17F3N2O2S/c1-9-10(12(13,14)15)5-3-6-11(9)20(18,19)17(2)8-4-7-16/h3,5-6H,4,7-8,16H2,1-2H3. The number of nitrogens with two attached hydrogens (primary N) is 1. The van der Waals surface area contributed by atoms with Crippen molar-refractivity contribution < 1.29 is 21.6 Å². The predicted molar refractivity (Wildman–Crippen MR) is 69.7 cm³/mol. The van der Waals surface area contributed by atoms with Crippen LogP contribution in [0.4, 0.5) is 13.2 Å². The van der Waals surface area contributed by atoms with Crippen LogP contribution in [0, 0.1) is 6.92 Å². The molecule has 1 aromatic rings. The molecule has 1 aromatic carbocycles. The summed E-state index contributed by atoms with van der Waals surface area (Å²) in [6.07, 6.45) is -4.14. The Hall–Kier alpha value is -1.12. The Morgan fingerprint density at radius 3 is 2.40 bits per heavy atom. The van der Waals surface area contributed by atoms with Crippen molar-refractivity contribution in [1.82, 2.24) is 4.31 Å². The molecule has 0 atom stereocenters. The summed E-state index contributed by atoms with van der Waals surface area (Å²) < 4.78 is 63.9. The molecular weight excluding hydrogens is 293 g/mol. The van der Waals surface area contributed by atoms with Crippen LogP contribution in [0.15, 0.2) is 23.1 Å². The third kappa shape index (κ3) is 3.50. The average molecular weight is 310 g/mol. The summed E-state index contributed by atoms with van der Waals surface area (Å²) in [5.74, 6) is 0. The second-order valence-electron chi connectivity index (χ2n) is 4.40. The summed E-state index contributed by atoms with van der Waals surface area (Å²) in [6.45, 7) is 1.63. The molecule has 1 rings (SSSR count). The summed E-state index contributed by atoms with van der Waals surface area (Å²) in [7, 11) is -2.62. The Morgan fingerprint density at radius 2 is 1.90 bits per heavy atom. The lowest BCUT2D eigenvalue weighted by molar-refractivity contribution is -0.138. The Kier molecular flexibility index (Phi) is 5.17. The second kappa shape index (κ2) is 6.11. The third-order valence-corrected chi connectivity index (χ3v) is 4.96. The largest absolute Gasteiger partial charge is 0.416 e. The zero-order chi connectivity index (χ0) is 15.6. The topological polar surface area (TPSA) is 63.4 Å². The van der Waals surface area contributed by atoms with Gasteiger partial charge in [-0.15, -0.1) is 0 Å². The first-order valence-electron chi connectivity index (χ1n) is 5.95. The van der Waals surface area contributed by atoms with E-state index < -0.39 is 21.8 Å². The van der Waals surface area contributed by atoms with Gasteiger partial charge in [-0.1, -0.05) is 6.07 Å². The summed E-state index contributed by atoms with van der Waals surface area (Å²) in [5, 5.41) is 0. The van der Waals surface area contributed by atoms with Crippen LogP contribution >= 0.6 is 0 Å². The van der Waals surface area contributed by atoms with E-state index in [-0.39, 0.29) is 17.0 Å². The summed E-state index contributed by atoms with van der Waals surface area (Å²) in [5.41, 5.74) is 4.07. The van der Waals surface area contributed by atoms with Crippen LogP contribution in [0.2, 0.25) is 0 Å². The summed E-state index contributed by atoms with van der Waals surface area (Å²) >= 11 is 0. The highest BCUT2D eigenvalue weighted by atomic mass is 32.2. The van der Waals surface area contributed by atoms with Crippen molar-refractivity contribution in [3.63, 3.8) is 0 Å². The Morgan fingerprint density at radius 1 is 1.30 bits per heavy atom. The van der Waals surface area contributed by atoms with Crippen LogP contribution in [0.25, 0.3) is 0 Å². The minimum absolute atomic E-state index is 0.161. The zero-order valence-corrected chi connectivity index (χ0v) is 12.1. The average Bonchev–Trinajstić information content (AvgIpc) is 2.34. The van der Waals surface area contributed by atoms with Crippen LogP contribution in [0.3, 0.4) is 0 Å². The van der Waals surface area contributed by atoms with Gasteiger partial charge in [-0.2, -0.15) is 13.2 Å². The molecular formula is C12H17F3N2O2S. The molecule has 0 heterocycles. The highest BCUT2D eigenvalue weighted by Gasteiger charge is 2.35. The first-order valence-corrected chi connectivity index (χ1v) is 7.39. The second-order valence-corrected chi connectivity index (χ2v) is 6.41. The quantitative estimate of drug-likeness (QED) is 0.904. The molecule has 0 spiro atoms. The predicted octanol–water partition coefficient (Wildman–Crippen LogP) is 1.98. The molecule has 114 valence electrons. The minimum atomic E-state index is -4.58. The lowest BCUT2D eigenvalue weighted by atomic mass is 10.1. The van der Waals surface area contributed by atoms with Gasteiger partial charge >= 0.3 is 6.18 Å². The van der Waals surface area contributed by atoms with E-state index in [4.69, 9.17) is 5.73 Å². The number of rotatable bonds is 5. The van der Waals surface area contributed by atoms with Gasteiger partial charge in [-0.25, -0.2) is 12.7 Å². The fraction of sp³-hybridized carbons (Fsp3) is 0.500. The van der Waals surface area contributed by atoms with Crippen LogP contribution in [0.1, 0.15) is 17.5 Å². The highest BCUT2D eigenvalue weighted by Crippen LogP contribution is 2.34. The summed E-state index contributed by atoms with van der Waals surface area (Å²) in [6, 6.07) is 3.15. The van der Waals surface area contributed by atoms with Crippen molar-refractivity contribution in [3.8, 4) is 0 Å². The molecule has 0 aliphatic rings. The van der Waals surface area contributed by atoms with Gasteiger partial charge in [-0.05, 0) is 37.6 Å². The van der Waals surface area contributed by atoms with Crippen molar-refractivity contribution >= 4 is 10.0 Å². The molecule has 0 saturated carbocycles. The molecule has 0 unspecified atom stereocenters. The van der Waals surface area contributed by atoms with Gasteiger partial charge in [0.05, 0.1) is 10.5 Å². The van der Waals surface area contributed by atoms with Crippen molar-refractivity contribution in [2.24, 2.45) is 5.73 Å². The third-order valence-electron chi connectivity index (χ3n) is 2.95. The van der Waals surface area contributed by atoms with E-state index in [0.29, 0.717) is 13.0 Å². The molecule has 2 N–H and O–H groups in total. The normalized spacial score (nSPS) is 12.9. The van der Waals surface area contributed by atoms with Crippen LogP contribution < -0.4 is 5.73 Å². The van der Waals surface area contributed by atoms with Crippen LogP contribution in [-0.4, -0.2) is 32.9 Å². The van der Waals surface area contributed by atoms with Crippen molar-refractivity contribution in [3.05, 3.63) is 29.3 Å². The molecule has 4 nitrogen and oxygen atoms in total. The van der Waals surface area contributed by atoms with Crippen molar-refractivity contribution in [2.45, 2.75) is 24.4 Å². The van der Waals surface area contributed by atoms with Gasteiger partial charge in [0.25, 0.3) is 0 Å². The number of nitrogens with zero attached hydrogens (tertiary/aromatic N) is 1. The van der Waals surface area contributed by atoms with Gasteiger partial charge in [0.15, 0.2) is 0 Å². The number of benzene rings is 1. The lowest BCUT2D eigenvalue weighted by Gasteiger charge is -2.20. The SMILES string of the molecule is Cc1c(C(F)(F)F)cccc1S(=O)(=O)N(C)CCCN. The number of halogens is 3. The van der Waals surface area contributed by atoms with E-state index in [0.717, 1.165) is 23.4 Å². The summed E-state index contributed by atoms with van der Waals surface area (Å²) in [4.78, 5) is -0.327. The molecule has 0 fully saturated rings. The molecule has 0 aliphatic carbocycles. The minimum Gasteiger partial charge on any atom is -0.330 e. The van der Waals surface area contributed by atoms with E-state index in [9.17, 15) is 21.6 Å². The Bertz CT molecular complexity index is 571. The molecule has 0 aromatic heterocycles. The molecule has 0 amide bonds. The van der Waals surface area contributed by atoms with Gasteiger partial charge in [-0.3, -0.25) is 0 Å². The number of hydrogen-bond acceptors (Lipinski definition) is 3. The lowest BCUT2D eigenvalue weighted by Crippen LogP contribution is -2.30. The number of alkyl halides is 3. The number of hydrogen-bond donors (Lipinski definition) is 1. The van der Waals surface area contributed by atoms with Crippen LogP contribution in [-0.2, 0) is 16.2 Å². The Labute approximate surface area is 116 Å². The van der Waals surface area contributed by atoms with Gasteiger partial charge in [0, 0.05) is 13.6 Å². The smallest absolute Gasteiger partial charge is 0.330 e. The molecule has 8 heteroatoms. The fourth-order valence-electron chi connectivity index (χ4n) is 1.80. The molecule has 0 saturated heterocycles. The van der Waals surface area contributed by atoms with Gasteiger partial charge in [0.2, 0.25) is 10.0 Å². The first kappa shape index (κ1) is 16.9. The highest BCUT2D eigenvalue weighted by molar-refractivity contribution is 7.89. The van der Waals surface area contributed by atoms with Gasteiger partial charge in [0.1, 0.15) is 0 Å². The molecule has 20 heavy (non-hydrogen) atoms. The Balaban J connectivity index is 3.27. The van der Waals surface area contributed by atoms with Crippen molar-refractivity contribution in [2.75, 3.05) is 20.1 Å². The van der Waals surface area contributed by atoms with E-state index in [2.05, 4.69) is 0 Å².